The van der Waals surface area contributed by atoms with E-state index in [4.69, 9.17) is 11.6 Å². The number of carbonyl (C=O) groups excluding carboxylic acids is 2. The maximum Gasteiger partial charge on any atom is 0.264 e. The number of carbonyl (C=O) groups is 2. The molecule has 0 aliphatic rings. The molecule has 0 bridgehead atoms. The summed E-state index contributed by atoms with van der Waals surface area (Å²) in [5.41, 5.74) is 2.06. The van der Waals surface area contributed by atoms with E-state index in [-0.39, 0.29) is 29.1 Å². The lowest BCUT2D eigenvalue weighted by atomic mass is 10.0. The summed E-state index contributed by atoms with van der Waals surface area (Å²) >= 11 is 6.03. The van der Waals surface area contributed by atoms with Crippen LogP contribution in [0.25, 0.3) is 0 Å². The summed E-state index contributed by atoms with van der Waals surface area (Å²) in [5.74, 6) is -1.60. The molecule has 4 rings (SSSR count). The fourth-order valence-electron chi connectivity index (χ4n) is 4.92. The van der Waals surface area contributed by atoms with Crippen LogP contribution in [-0.2, 0) is 32.6 Å². The normalized spacial score (nSPS) is 11.9. The smallest absolute Gasteiger partial charge is 0.264 e. The zero-order valence-corrected chi connectivity index (χ0v) is 26.9. The Bertz CT molecular complexity index is 1700. The number of nitrogens with zero attached hydrogens (tertiary/aromatic N) is 2. The molecule has 0 saturated carbocycles. The first kappa shape index (κ1) is 33.7. The van der Waals surface area contributed by atoms with E-state index in [1.54, 1.807) is 36.4 Å². The molecule has 0 aliphatic carbocycles. The molecule has 1 unspecified atom stereocenters. The molecular formula is C35H37ClFN3O4S. The molecule has 0 heterocycles. The van der Waals surface area contributed by atoms with E-state index in [9.17, 15) is 18.0 Å². The molecule has 4 aromatic carbocycles. The number of hydrogen-bond acceptors (Lipinski definition) is 4. The van der Waals surface area contributed by atoms with Crippen LogP contribution in [0.3, 0.4) is 0 Å². The van der Waals surface area contributed by atoms with Crippen LogP contribution in [0.4, 0.5) is 10.1 Å². The fourth-order valence-corrected chi connectivity index (χ4v) is 6.45. The number of anilines is 1. The predicted molar refractivity (Wildman–Crippen MR) is 176 cm³/mol. The average Bonchev–Trinajstić information content (AvgIpc) is 3.03. The Kier molecular flexibility index (Phi) is 11.7. The van der Waals surface area contributed by atoms with Crippen molar-refractivity contribution >= 4 is 39.1 Å². The highest BCUT2D eigenvalue weighted by Crippen LogP contribution is 2.27. The van der Waals surface area contributed by atoms with Crippen LogP contribution in [0.5, 0.6) is 0 Å². The van der Waals surface area contributed by atoms with Gasteiger partial charge in [-0.15, -0.1) is 0 Å². The SMILES string of the molecule is CCCCNC(=O)C(Cc1ccccc1)N(Cc1ccccc1F)C(=O)CN(c1cccc(C)c1)S(=O)(=O)c1ccc(Cl)cc1. The van der Waals surface area contributed by atoms with Gasteiger partial charge in [-0.2, -0.15) is 0 Å². The summed E-state index contributed by atoms with van der Waals surface area (Å²) in [4.78, 5) is 29.4. The van der Waals surface area contributed by atoms with Gasteiger partial charge in [-0.1, -0.05) is 85.6 Å². The van der Waals surface area contributed by atoms with Crippen LogP contribution in [0.1, 0.15) is 36.5 Å². The third-order valence-electron chi connectivity index (χ3n) is 7.37. The number of halogens is 2. The molecule has 0 spiro atoms. The van der Waals surface area contributed by atoms with Gasteiger partial charge in [0.05, 0.1) is 10.6 Å². The number of hydrogen-bond donors (Lipinski definition) is 1. The van der Waals surface area contributed by atoms with Crippen LogP contribution in [-0.4, -0.2) is 44.3 Å². The maximum absolute atomic E-state index is 15.0. The molecule has 2 amide bonds. The van der Waals surface area contributed by atoms with Crippen LogP contribution in [0.2, 0.25) is 5.02 Å². The van der Waals surface area contributed by atoms with E-state index >= 15 is 4.39 Å². The summed E-state index contributed by atoms with van der Waals surface area (Å²) in [7, 11) is -4.27. The highest BCUT2D eigenvalue weighted by atomic mass is 35.5. The number of nitrogens with one attached hydrogen (secondary N) is 1. The van der Waals surface area contributed by atoms with Crippen molar-refractivity contribution in [2.45, 2.75) is 50.6 Å². The predicted octanol–water partition coefficient (Wildman–Crippen LogP) is 6.54. The topological polar surface area (TPSA) is 86.8 Å². The summed E-state index contributed by atoms with van der Waals surface area (Å²) in [6.07, 6.45) is 1.74. The van der Waals surface area contributed by atoms with E-state index in [1.807, 2.05) is 50.2 Å². The highest BCUT2D eigenvalue weighted by molar-refractivity contribution is 7.92. The van der Waals surface area contributed by atoms with Crippen molar-refractivity contribution in [3.63, 3.8) is 0 Å². The Hall–Kier alpha value is -4.21. The van der Waals surface area contributed by atoms with Gasteiger partial charge in [-0.25, -0.2) is 12.8 Å². The van der Waals surface area contributed by atoms with Crippen molar-refractivity contribution in [1.29, 1.82) is 0 Å². The van der Waals surface area contributed by atoms with E-state index in [1.165, 1.54) is 35.2 Å². The van der Waals surface area contributed by atoms with Crippen LogP contribution >= 0.6 is 11.6 Å². The van der Waals surface area contributed by atoms with Crippen molar-refractivity contribution in [3.8, 4) is 0 Å². The molecular weight excluding hydrogens is 613 g/mol. The van der Waals surface area contributed by atoms with Crippen molar-refractivity contribution in [3.05, 3.63) is 131 Å². The fraction of sp³-hybridized carbons (Fsp3) is 0.257. The van der Waals surface area contributed by atoms with Gasteiger partial charge in [0.1, 0.15) is 18.4 Å². The minimum absolute atomic E-state index is 0.0556. The number of unbranched alkanes of at least 4 members (excludes halogenated alkanes) is 1. The molecule has 0 saturated heterocycles. The van der Waals surface area contributed by atoms with Gasteiger partial charge in [-0.05, 0) is 66.9 Å². The second kappa shape index (κ2) is 15.7. The maximum atomic E-state index is 15.0. The lowest BCUT2D eigenvalue weighted by molar-refractivity contribution is -0.140. The first-order chi connectivity index (χ1) is 21.6. The van der Waals surface area contributed by atoms with Gasteiger partial charge in [0.25, 0.3) is 10.0 Å². The standard InChI is InChI=1S/C35H37ClFN3O4S/c1-3-4-21-38-35(42)33(23-27-12-6-5-7-13-27)39(24-28-14-8-9-16-32(28)37)34(41)25-40(30-15-10-11-26(2)22-30)45(43,44)31-19-17-29(36)18-20-31/h5-20,22,33H,3-4,21,23-25H2,1-2H3,(H,38,42). The molecule has 7 nitrogen and oxygen atoms in total. The molecule has 0 radical (unpaired) electrons. The van der Waals surface area contributed by atoms with Gasteiger partial charge in [0.2, 0.25) is 11.8 Å². The Morgan fingerprint density at radius 3 is 2.27 bits per heavy atom. The average molecular weight is 650 g/mol. The lowest BCUT2D eigenvalue weighted by Gasteiger charge is -2.34. The molecule has 0 aromatic heterocycles. The lowest BCUT2D eigenvalue weighted by Crippen LogP contribution is -2.53. The Labute approximate surface area is 269 Å². The molecule has 1 N–H and O–H groups in total. The van der Waals surface area contributed by atoms with Crippen LogP contribution in [0, 0.1) is 12.7 Å². The third kappa shape index (κ3) is 8.93. The molecule has 236 valence electrons. The zero-order valence-electron chi connectivity index (χ0n) is 25.3. The largest absolute Gasteiger partial charge is 0.354 e. The van der Waals surface area contributed by atoms with Crippen LogP contribution in [0.15, 0.2) is 108 Å². The summed E-state index contributed by atoms with van der Waals surface area (Å²) in [6.45, 7) is 3.36. The number of aryl methyl sites for hydroxylation is 1. The molecule has 0 aliphatic heterocycles. The van der Waals surface area contributed by atoms with Gasteiger partial charge in [0.15, 0.2) is 0 Å². The first-order valence-electron chi connectivity index (χ1n) is 14.8. The molecule has 10 heteroatoms. The first-order valence-corrected chi connectivity index (χ1v) is 16.6. The molecule has 4 aromatic rings. The summed E-state index contributed by atoms with van der Waals surface area (Å²) in [5, 5.41) is 3.28. The Morgan fingerprint density at radius 1 is 0.911 bits per heavy atom. The number of sulfonamides is 1. The van der Waals surface area contributed by atoms with Crippen molar-refractivity contribution < 1.29 is 22.4 Å². The minimum atomic E-state index is -4.27. The van der Waals surface area contributed by atoms with Crippen molar-refractivity contribution in [2.75, 3.05) is 17.4 Å². The Morgan fingerprint density at radius 2 is 1.60 bits per heavy atom. The van der Waals surface area contributed by atoms with E-state index in [0.717, 1.165) is 28.3 Å². The van der Waals surface area contributed by atoms with Gasteiger partial charge >= 0.3 is 0 Å². The van der Waals surface area contributed by atoms with Gasteiger partial charge < -0.3 is 10.2 Å². The highest BCUT2D eigenvalue weighted by Gasteiger charge is 2.35. The number of rotatable bonds is 14. The van der Waals surface area contributed by atoms with E-state index in [0.29, 0.717) is 11.6 Å². The number of benzene rings is 4. The summed E-state index contributed by atoms with van der Waals surface area (Å²) in [6, 6.07) is 26.7. The van der Waals surface area contributed by atoms with Gasteiger partial charge in [-0.3, -0.25) is 13.9 Å². The molecule has 0 fully saturated rings. The minimum Gasteiger partial charge on any atom is -0.354 e. The monoisotopic (exact) mass is 649 g/mol. The van der Waals surface area contributed by atoms with Crippen LogP contribution < -0.4 is 9.62 Å². The third-order valence-corrected chi connectivity index (χ3v) is 9.41. The number of amides is 2. The zero-order chi connectivity index (χ0) is 32.4. The quantitative estimate of drug-likeness (QED) is 0.157. The van der Waals surface area contributed by atoms with E-state index < -0.39 is 40.2 Å². The second-order valence-corrected chi connectivity index (χ2v) is 13.1. The van der Waals surface area contributed by atoms with E-state index in [2.05, 4.69) is 5.32 Å². The van der Waals surface area contributed by atoms with Gasteiger partial charge in [0, 0.05) is 30.1 Å². The van der Waals surface area contributed by atoms with Crippen molar-refractivity contribution in [2.24, 2.45) is 0 Å². The summed E-state index contributed by atoms with van der Waals surface area (Å²) < 4.78 is 44.2. The van der Waals surface area contributed by atoms with Crippen molar-refractivity contribution in [1.82, 2.24) is 10.2 Å². The molecule has 45 heavy (non-hydrogen) atoms. The second-order valence-electron chi connectivity index (χ2n) is 10.8. The molecule has 1 atom stereocenters. The Balaban J connectivity index is 1.80.